The van der Waals surface area contributed by atoms with Crippen LogP contribution in [0.4, 0.5) is 0 Å². The van der Waals surface area contributed by atoms with Gasteiger partial charge in [-0.25, -0.2) is 0 Å². The first-order valence-electron chi connectivity index (χ1n) is 8.34. The highest BCUT2D eigenvalue weighted by Gasteiger charge is 2.20. The minimum absolute atomic E-state index is 0.648. The normalized spacial score (nSPS) is 11.0. The van der Waals surface area contributed by atoms with Crippen LogP contribution in [0.3, 0.4) is 0 Å². The van der Waals surface area contributed by atoms with Crippen molar-refractivity contribution in [1.82, 2.24) is 0 Å². The molecule has 1 nitrogen and oxygen atoms in total. The fourth-order valence-corrected chi connectivity index (χ4v) is 5.72. The highest BCUT2D eigenvalue weighted by Crippen LogP contribution is 2.38. The van der Waals surface area contributed by atoms with Gasteiger partial charge in [-0.3, -0.25) is 0 Å². The van der Waals surface area contributed by atoms with Gasteiger partial charge in [-0.2, -0.15) is 0 Å². The Morgan fingerprint density at radius 1 is 0.600 bits per heavy atom. The van der Waals surface area contributed by atoms with Gasteiger partial charge in [-0.15, -0.1) is 0 Å². The van der Waals surface area contributed by atoms with E-state index in [9.17, 15) is 0 Å². The number of methoxy groups -OCH3 is 1. The average molecular weight is 342 g/mol. The van der Waals surface area contributed by atoms with Crippen LogP contribution in [0.2, 0.25) is 0 Å². The summed E-state index contributed by atoms with van der Waals surface area (Å²) in [6.45, 7) is 0. The van der Waals surface area contributed by atoms with E-state index in [0.29, 0.717) is 0 Å². The van der Waals surface area contributed by atoms with Crippen molar-refractivity contribution in [2.24, 2.45) is 0 Å². The summed E-state index contributed by atoms with van der Waals surface area (Å²) in [5.41, 5.74) is 0. The first-order valence-corrected chi connectivity index (χ1v) is 9.68. The van der Waals surface area contributed by atoms with Gasteiger partial charge in [0, 0.05) is 5.39 Å². The summed E-state index contributed by atoms with van der Waals surface area (Å²) < 4.78 is 5.70. The lowest BCUT2D eigenvalue weighted by molar-refractivity contribution is 0.420. The number of fused-ring (bicyclic) bond motifs is 1. The standard InChI is InChI=1S/C23H19OP/c1-24-21-16-8-10-18-11-9-17-22(23(18)21)25(19-12-4-2-5-13-19)20-14-6-3-7-15-20/h2-17H,1H3. The van der Waals surface area contributed by atoms with Crippen LogP contribution in [0, 0.1) is 0 Å². The Morgan fingerprint density at radius 2 is 1.16 bits per heavy atom. The molecule has 0 fully saturated rings. The van der Waals surface area contributed by atoms with Gasteiger partial charge in [-0.1, -0.05) is 91.0 Å². The Bertz CT molecular complexity index is 936. The molecule has 0 N–H and O–H groups in total. The van der Waals surface area contributed by atoms with Gasteiger partial charge in [0.15, 0.2) is 0 Å². The van der Waals surface area contributed by atoms with Crippen molar-refractivity contribution in [1.29, 1.82) is 0 Å². The maximum Gasteiger partial charge on any atom is 0.127 e. The maximum atomic E-state index is 5.70. The molecule has 0 aromatic heterocycles. The Balaban J connectivity index is 2.02. The molecule has 0 heterocycles. The summed E-state index contributed by atoms with van der Waals surface area (Å²) in [6.07, 6.45) is 0. The Kier molecular flexibility index (Phi) is 4.50. The van der Waals surface area contributed by atoms with Crippen LogP contribution in [0.25, 0.3) is 10.8 Å². The van der Waals surface area contributed by atoms with Gasteiger partial charge in [0.1, 0.15) is 5.75 Å². The Labute approximate surface area is 149 Å². The number of benzene rings is 4. The first-order chi connectivity index (χ1) is 12.4. The van der Waals surface area contributed by atoms with Crippen molar-refractivity contribution < 1.29 is 4.74 Å². The molecule has 2 heteroatoms. The van der Waals surface area contributed by atoms with Crippen LogP contribution < -0.4 is 20.7 Å². The molecule has 0 unspecified atom stereocenters. The van der Waals surface area contributed by atoms with E-state index in [4.69, 9.17) is 4.74 Å². The van der Waals surface area contributed by atoms with Crippen LogP contribution >= 0.6 is 7.92 Å². The molecule has 0 radical (unpaired) electrons. The molecule has 0 saturated heterocycles. The van der Waals surface area contributed by atoms with Gasteiger partial charge in [0.05, 0.1) is 7.11 Å². The van der Waals surface area contributed by atoms with Gasteiger partial charge >= 0.3 is 0 Å². The SMILES string of the molecule is COc1cccc2cccc(P(c3ccccc3)c3ccccc3)c12. The molecule has 0 atom stereocenters. The fourth-order valence-electron chi connectivity index (χ4n) is 3.23. The summed E-state index contributed by atoms with van der Waals surface area (Å²) in [6, 6.07) is 34.4. The third kappa shape index (κ3) is 3.04. The van der Waals surface area contributed by atoms with Crippen LogP contribution in [-0.2, 0) is 0 Å². The van der Waals surface area contributed by atoms with Gasteiger partial charge in [-0.05, 0) is 35.3 Å². The average Bonchev–Trinajstić information content (AvgIpc) is 2.69. The Morgan fingerprint density at radius 3 is 1.72 bits per heavy atom. The van der Waals surface area contributed by atoms with Crippen LogP contribution in [0.15, 0.2) is 97.1 Å². The summed E-state index contributed by atoms with van der Waals surface area (Å²) in [5.74, 6) is 0.937. The molecule has 0 spiro atoms. The van der Waals surface area contributed by atoms with E-state index in [0.717, 1.165) is 5.75 Å². The molecule has 0 saturated carbocycles. The maximum absolute atomic E-state index is 5.70. The molecule has 4 aromatic rings. The van der Waals surface area contributed by atoms with E-state index >= 15 is 0 Å². The Hall–Kier alpha value is -2.63. The summed E-state index contributed by atoms with van der Waals surface area (Å²) >= 11 is 0. The van der Waals surface area contributed by atoms with Gasteiger partial charge < -0.3 is 4.74 Å². The van der Waals surface area contributed by atoms with Crippen LogP contribution in [-0.4, -0.2) is 7.11 Å². The van der Waals surface area contributed by atoms with Crippen LogP contribution in [0.1, 0.15) is 0 Å². The van der Waals surface area contributed by atoms with Gasteiger partial charge in [0.25, 0.3) is 0 Å². The number of hydrogen-bond acceptors (Lipinski definition) is 1. The second kappa shape index (κ2) is 7.09. The molecule has 25 heavy (non-hydrogen) atoms. The van der Waals surface area contributed by atoms with Crippen LogP contribution in [0.5, 0.6) is 5.75 Å². The summed E-state index contributed by atoms with van der Waals surface area (Å²) in [5, 5.41) is 6.47. The van der Waals surface area contributed by atoms with E-state index in [1.807, 2.05) is 0 Å². The molecule has 122 valence electrons. The minimum atomic E-state index is -0.648. The smallest absolute Gasteiger partial charge is 0.127 e. The molecule has 0 amide bonds. The van der Waals surface area contributed by atoms with E-state index in [1.54, 1.807) is 7.11 Å². The highest BCUT2D eigenvalue weighted by atomic mass is 31.1. The van der Waals surface area contributed by atoms with Crippen molar-refractivity contribution in [3.63, 3.8) is 0 Å². The number of rotatable bonds is 4. The molecular weight excluding hydrogens is 323 g/mol. The minimum Gasteiger partial charge on any atom is -0.496 e. The predicted octanol–water partition coefficient (Wildman–Crippen LogP) is 4.61. The topological polar surface area (TPSA) is 9.23 Å². The molecule has 0 aliphatic carbocycles. The molecule has 0 bridgehead atoms. The molecule has 0 aliphatic rings. The second-order valence-corrected chi connectivity index (χ2v) is 8.03. The fraction of sp³-hybridized carbons (Fsp3) is 0.0435. The van der Waals surface area contributed by atoms with Crippen molar-refractivity contribution in [2.75, 3.05) is 7.11 Å². The predicted molar refractivity (Wildman–Crippen MR) is 109 cm³/mol. The molecular formula is C23H19OP. The van der Waals surface area contributed by atoms with Crippen molar-refractivity contribution in [3.8, 4) is 5.75 Å². The van der Waals surface area contributed by atoms with E-state index < -0.39 is 7.92 Å². The zero-order chi connectivity index (χ0) is 17.1. The van der Waals surface area contributed by atoms with E-state index in [1.165, 1.54) is 26.7 Å². The van der Waals surface area contributed by atoms with Crippen molar-refractivity contribution in [3.05, 3.63) is 97.1 Å². The van der Waals surface area contributed by atoms with E-state index in [-0.39, 0.29) is 0 Å². The number of hydrogen-bond donors (Lipinski definition) is 0. The monoisotopic (exact) mass is 342 g/mol. The number of ether oxygens (including phenoxy) is 1. The molecule has 4 aromatic carbocycles. The van der Waals surface area contributed by atoms with Crippen molar-refractivity contribution in [2.45, 2.75) is 0 Å². The highest BCUT2D eigenvalue weighted by molar-refractivity contribution is 7.80. The largest absolute Gasteiger partial charge is 0.496 e. The lowest BCUT2D eigenvalue weighted by Gasteiger charge is -2.22. The third-order valence-electron chi connectivity index (χ3n) is 4.33. The first kappa shape index (κ1) is 15.9. The zero-order valence-corrected chi connectivity index (χ0v) is 15.0. The summed E-state index contributed by atoms with van der Waals surface area (Å²) in [4.78, 5) is 0. The van der Waals surface area contributed by atoms with E-state index in [2.05, 4.69) is 97.1 Å². The third-order valence-corrected chi connectivity index (χ3v) is 6.82. The zero-order valence-electron chi connectivity index (χ0n) is 14.1. The van der Waals surface area contributed by atoms with Gasteiger partial charge in [0.2, 0.25) is 0 Å². The second-order valence-electron chi connectivity index (χ2n) is 5.84. The lowest BCUT2D eigenvalue weighted by Crippen LogP contribution is -2.21. The molecule has 0 aliphatic heterocycles. The van der Waals surface area contributed by atoms with Crippen molar-refractivity contribution >= 4 is 34.6 Å². The lowest BCUT2D eigenvalue weighted by atomic mass is 10.1. The summed E-state index contributed by atoms with van der Waals surface area (Å²) in [7, 11) is 1.10. The quantitative estimate of drug-likeness (QED) is 0.492. The molecule has 4 rings (SSSR count).